The predicted octanol–water partition coefficient (Wildman–Crippen LogP) is 5.25. The second kappa shape index (κ2) is 16.1. The first-order valence-corrected chi connectivity index (χ1v) is 11.3. The summed E-state index contributed by atoms with van der Waals surface area (Å²) in [7, 11) is 0. The summed E-state index contributed by atoms with van der Waals surface area (Å²) in [5, 5.41) is 5.76. The molecular weight excluding hydrogens is 324 g/mol. The van der Waals surface area contributed by atoms with Crippen molar-refractivity contribution in [1.29, 1.82) is 0 Å². The Hall–Kier alpha value is -1.06. The fourth-order valence-corrected chi connectivity index (χ4v) is 3.65. The summed E-state index contributed by atoms with van der Waals surface area (Å²) in [5.74, 6) is 0.0244. The van der Waals surface area contributed by atoms with Crippen LogP contribution in [0.3, 0.4) is 0 Å². The Labute approximate surface area is 161 Å². The Bertz CT molecular complexity index is 371. The highest BCUT2D eigenvalue weighted by Crippen LogP contribution is 2.13. The standard InChI is InChI=1S/C22H42N2O2/c1-2-3-4-5-6-7-8-9-10-11-12-13-14-18-21(25)24-20-17-15-16-19-23-22(20)26/h20H,2-19H2,1H3,(H,23,26)(H,24,25)/t20-/m0/s1. The molecule has 26 heavy (non-hydrogen) atoms. The lowest BCUT2D eigenvalue weighted by molar-refractivity contribution is -0.128. The van der Waals surface area contributed by atoms with Gasteiger partial charge in [-0.05, 0) is 25.7 Å². The van der Waals surface area contributed by atoms with Crippen LogP contribution in [0.1, 0.15) is 116 Å². The third-order valence-electron chi connectivity index (χ3n) is 5.38. The molecule has 0 radical (unpaired) electrons. The van der Waals surface area contributed by atoms with Crippen molar-refractivity contribution in [2.75, 3.05) is 6.54 Å². The molecule has 1 aliphatic heterocycles. The highest BCUT2D eigenvalue weighted by molar-refractivity contribution is 5.87. The summed E-state index contributed by atoms with van der Waals surface area (Å²) in [6, 6.07) is -0.313. The Morgan fingerprint density at radius 2 is 1.42 bits per heavy atom. The van der Waals surface area contributed by atoms with E-state index in [0.717, 1.165) is 38.6 Å². The SMILES string of the molecule is CCCCCCCCCCCCCCCC(=O)N[C@H]1CCCCNC1=O. The molecule has 2 amide bonds. The van der Waals surface area contributed by atoms with E-state index >= 15 is 0 Å². The average Bonchev–Trinajstić information content (AvgIpc) is 2.83. The highest BCUT2D eigenvalue weighted by atomic mass is 16.2. The average molecular weight is 367 g/mol. The number of rotatable bonds is 15. The number of hydrogen-bond acceptors (Lipinski definition) is 2. The number of carbonyl (C=O) groups is 2. The first kappa shape index (κ1) is 23.0. The molecule has 2 N–H and O–H groups in total. The maximum atomic E-state index is 12.0. The van der Waals surface area contributed by atoms with Gasteiger partial charge in [-0.3, -0.25) is 9.59 Å². The van der Waals surface area contributed by atoms with Crippen molar-refractivity contribution in [2.45, 2.75) is 122 Å². The molecule has 1 atom stereocenters. The molecule has 1 rings (SSSR count). The van der Waals surface area contributed by atoms with Crippen LogP contribution in [-0.4, -0.2) is 24.4 Å². The van der Waals surface area contributed by atoms with Gasteiger partial charge < -0.3 is 10.6 Å². The molecule has 1 heterocycles. The Balaban J connectivity index is 1.86. The zero-order valence-corrected chi connectivity index (χ0v) is 17.1. The van der Waals surface area contributed by atoms with Gasteiger partial charge in [-0.25, -0.2) is 0 Å². The van der Waals surface area contributed by atoms with E-state index in [2.05, 4.69) is 17.6 Å². The van der Waals surface area contributed by atoms with Crippen molar-refractivity contribution >= 4 is 11.8 Å². The molecule has 1 aliphatic rings. The zero-order valence-electron chi connectivity index (χ0n) is 17.1. The summed E-state index contributed by atoms with van der Waals surface area (Å²) >= 11 is 0. The molecule has 0 aliphatic carbocycles. The number of hydrogen-bond donors (Lipinski definition) is 2. The fraction of sp³-hybridized carbons (Fsp3) is 0.909. The van der Waals surface area contributed by atoms with E-state index in [1.54, 1.807) is 0 Å². The maximum absolute atomic E-state index is 12.0. The van der Waals surface area contributed by atoms with Crippen LogP contribution in [0.2, 0.25) is 0 Å². The van der Waals surface area contributed by atoms with Gasteiger partial charge in [0.1, 0.15) is 6.04 Å². The minimum absolute atomic E-state index is 0.0128. The van der Waals surface area contributed by atoms with Gasteiger partial charge in [-0.2, -0.15) is 0 Å². The normalized spacial score (nSPS) is 17.6. The molecule has 0 bridgehead atoms. The van der Waals surface area contributed by atoms with Crippen LogP contribution in [0.5, 0.6) is 0 Å². The first-order valence-electron chi connectivity index (χ1n) is 11.3. The summed E-state index contributed by atoms with van der Waals surface area (Å²) in [6.45, 7) is 3.01. The second-order valence-corrected chi connectivity index (χ2v) is 7.90. The zero-order chi connectivity index (χ0) is 18.9. The van der Waals surface area contributed by atoms with Crippen molar-refractivity contribution in [3.05, 3.63) is 0 Å². The maximum Gasteiger partial charge on any atom is 0.242 e. The lowest BCUT2D eigenvalue weighted by atomic mass is 10.0. The monoisotopic (exact) mass is 366 g/mol. The third kappa shape index (κ3) is 12.3. The lowest BCUT2D eigenvalue weighted by Gasteiger charge is -2.15. The van der Waals surface area contributed by atoms with E-state index in [4.69, 9.17) is 0 Å². The molecule has 4 heteroatoms. The van der Waals surface area contributed by atoms with Gasteiger partial charge in [0, 0.05) is 13.0 Å². The van der Waals surface area contributed by atoms with Crippen LogP contribution in [0, 0.1) is 0 Å². The van der Waals surface area contributed by atoms with E-state index < -0.39 is 0 Å². The van der Waals surface area contributed by atoms with E-state index in [-0.39, 0.29) is 17.9 Å². The van der Waals surface area contributed by atoms with Crippen LogP contribution in [0.4, 0.5) is 0 Å². The molecular formula is C22H42N2O2. The molecule has 152 valence electrons. The van der Waals surface area contributed by atoms with Gasteiger partial charge in [-0.15, -0.1) is 0 Å². The van der Waals surface area contributed by atoms with Gasteiger partial charge in [-0.1, -0.05) is 84.0 Å². The lowest BCUT2D eigenvalue weighted by Crippen LogP contribution is -2.45. The quantitative estimate of drug-likeness (QED) is 0.389. The summed E-state index contributed by atoms with van der Waals surface area (Å²) in [4.78, 5) is 23.8. The van der Waals surface area contributed by atoms with Crippen molar-refractivity contribution < 1.29 is 9.59 Å². The fourth-order valence-electron chi connectivity index (χ4n) is 3.65. The van der Waals surface area contributed by atoms with Crippen LogP contribution in [0.15, 0.2) is 0 Å². The van der Waals surface area contributed by atoms with Crippen molar-refractivity contribution in [1.82, 2.24) is 10.6 Å². The molecule has 0 spiro atoms. The molecule has 4 nitrogen and oxygen atoms in total. The molecule has 0 unspecified atom stereocenters. The van der Waals surface area contributed by atoms with Crippen molar-refractivity contribution in [3.63, 3.8) is 0 Å². The largest absolute Gasteiger partial charge is 0.354 e. The Morgan fingerprint density at radius 1 is 0.885 bits per heavy atom. The summed E-state index contributed by atoms with van der Waals surface area (Å²) in [6.07, 6.45) is 20.4. The van der Waals surface area contributed by atoms with Gasteiger partial charge in [0.05, 0.1) is 0 Å². The summed E-state index contributed by atoms with van der Waals surface area (Å²) in [5.41, 5.74) is 0. The molecule has 0 saturated carbocycles. The van der Waals surface area contributed by atoms with E-state index in [1.807, 2.05) is 0 Å². The molecule has 0 aromatic rings. The smallest absolute Gasteiger partial charge is 0.242 e. The van der Waals surface area contributed by atoms with Crippen LogP contribution >= 0.6 is 0 Å². The number of amides is 2. The second-order valence-electron chi connectivity index (χ2n) is 7.90. The Kier molecular flexibility index (Phi) is 14.3. The topological polar surface area (TPSA) is 58.2 Å². The van der Waals surface area contributed by atoms with Gasteiger partial charge in [0.2, 0.25) is 11.8 Å². The first-order chi connectivity index (χ1) is 12.7. The van der Waals surface area contributed by atoms with Crippen LogP contribution in [0.25, 0.3) is 0 Å². The number of carbonyl (C=O) groups excluding carboxylic acids is 2. The van der Waals surface area contributed by atoms with Gasteiger partial charge in [0.15, 0.2) is 0 Å². The van der Waals surface area contributed by atoms with Crippen LogP contribution < -0.4 is 10.6 Å². The highest BCUT2D eigenvalue weighted by Gasteiger charge is 2.21. The van der Waals surface area contributed by atoms with Gasteiger partial charge >= 0.3 is 0 Å². The van der Waals surface area contributed by atoms with E-state index in [0.29, 0.717) is 6.42 Å². The molecule has 0 aromatic carbocycles. The van der Waals surface area contributed by atoms with Crippen molar-refractivity contribution in [2.24, 2.45) is 0 Å². The molecule has 0 aromatic heterocycles. The minimum atomic E-state index is -0.313. The van der Waals surface area contributed by atoms with Crippen LogP contribution in [-0.2, 0) is 9.59 Å². The Morgan fingerprint density at radius 3 is 2.00 bits per heavy atom. The summed E-state index contributed by atoms with van der Waals surface area (Å²) < 4.78 is 0. The third-order valence-corrected chi connectivity index (χ3v) is 5.38. The van der Waals surface area contributed by atoms with E-state index in [9.17, 15) is 9.59 Å². The van der Waals surface area contributed by atoms with Crippen molar-refractivity contribution in [3.8, 4) is 0 Å². The van der Waals surface area contributed by atoms with Gasteiger partial charge in [0.25, 0.3) is 0 Å². The minimum Gasteiger partial charge on any atom is -0.354 e. The number of unbranched alkanes of at least 4 members (excludes halogenated alkanes) is 12. The molecule has 1 saturated heterocycles. The number of nitrogens with one attached hydrogen (secondary N) is 2. The predicted molar refractivity (Wildman–Crippen MR) is 109 cm³/mol. The molecule has 1 fully saturated rings. The van der Waals surface area contributed by atoms with E-state index in [1.165, 1.54) is 70.6 Å².